The van der Waals surface area contributed by atoms with Crippen LogP contribution >= 0.6 is 0 Å². The molecule has 1 aromatic rings. The number of aliphatic carboxylic acids is 1. The second-order valence-electron chi connectivity index (χ2n) is 7.88. The molecule has 0 aliphatic heterocycles. The van der Waals surface area contributed by atoms with E-state index < -0.39 is 17.9 Å². The second kappa shape index (κ2) is 20.3. The van der Waals surface area contributed by atoms with Crippen molar-refractivity contribution in [2.45, 2.75) is 96.8 Å². The van der Waals surface area contributed by atoms with Crippen LogP contribution in [0.2, 0.25) is 0 Å². The van der Waals surface area contributed by atoms with Gasteiger partial charge < -0.3 is 15.3 Å². The summed E-state index contributed by atoms with van der Waals surface area (Å²) in [7, 11) is 0. The SMILES string of the molecule is CCCCCCCC/C=C\CCCCCCCC(=O)O.O=C(O)c1ccccc1C(=O)O. The van der Waals surface area contributed by atoms with Gasteiger partial charge in [-0.15, -0.1) is 0 Å². The zero-order chi connectivity index (χ0) is 24.0. The lowest BCUT2D eigenvalue weighted by Gasteiger charge is -1.99. The van der Waals surface area contributed by atoms with E-state index in [-0.39, 0.29) is 11.1 Å². The molecule has 0 unspecified atom stereocenters. The van der Waals surface area contributed by atoms with Crippen molar-refractivity contribution in [3.8, 4) is 0 Å². The van der Waals surface area contributed by atoms with Crippen LogP contribution in [0.25, 0.3) is 0 Å². The van der Waals surface area contributed by atoms with E-state index in [0.29, 0.717) is 6.42 Å². The third-order valence-corrected chi connectivity index (χ3v) is 5.04. The van der Waals surface area contributed by atoms with E-state index in [9.17, 15) is 14.4 Å². The summed E-state index contributed by atoms with van der Waals surface area (Å²) in [6.07, 6.45) is 21.2. The number of benzene rings is 1. The van der Waals surface area contributed by atoms with Crippen molar-refractivity contribution >= 4 is 17.9 Å². The molecule has 0 atom stereocenters. The number of carboxylic acid groups (broad SMARTS) is 3. The maximum atomic E-state index is 10.5. The second-order valence-corrected chi connectivity index (χ2v) is 7.88. The maximum absolute atomic E-state index is 10.5. The first-order chi connectivity index (χ1) is 15.4. The van der Waals surface area contributed by atoms with E-state index in [0.717, 1.165) is 12.8 Å². The Morgan fingerprint density at radius 2 is 1.06 bits per heavy atom. The molecule has 0 heterocycles. The Hall–Kier alpha value is -2.63. The Labute approximate surface area is 192 Å². The lowest BCUT2D eigenvalue weighted by atomic mass is 10.1. The molecule has 0 bridgehead atoms. The smallest absolute Gasteiger partial charge is 0.336 e. The molecule has 180 valence electrons. The number of carbonyl (C=O) groups is 3. The van der Waals surface area contributed by atoms with Crippen molar-refractivity contribution in [1.29, 1.82) is 0 Å². The molecule has 0 fully saturated rings. The average molecular weight is 449 g/mol. The zero-order valence-electron chi connectivity index (χ0n) is 19.4. The van der Waals surface area contributed by atoms with E-state index >= 15 is 0 Å². The molecular formula is C26H40O6. The van der Waals surface area contributed by atoms with E-state index in [1.54, 1.807) is 0 Å². The predicted molar refractivity (Wildman–Crippen MR) is 127 cm³/mol. The Kier molecular flexibility index (Phi) is 18.6. The first-order valence-electron chi connectivity index (χ1n) is 11.8. The van der Waals surface area contributed by atoms with Gasteiger partial charge in [0.2, 0.25) is 0 Å². The minimum Gasteiger partial charge on any atom is -0.481 e. The van der Waals surface area contributed by atoms with Crippen LogP contribution in [0.1, 0.15) is 118 Å². The van der Waals surface area contributed by atoms with Gasteiger partial charge in [0.05, 0.1) is 11.1 Å². The Morgan fingerprint density at radius 1 is 0.656 bits per heavy atom. The summed E-state index contributed by atoms with van der Waals surface area (Å²) in [6.45, 7) is 2.26. The van der Waals surface area contributed by atoms with Crippen LogP contribution < -0.4 is 0 Å². The van der Waals surface area contributed by atoms with Crippen LogP contribution in [-0.4, -0.2) is 33.2 Å². The molecule has 0 aromatic heterocycles. The number of allylic oxidation sites excluding steroid dienone is 2. The van der Waals surface area contributed by atoms with Crippen molar-refractivity contribution in [2.75, 3.05) is 0 Å². The summed E-state index contributed by atoms with van der Waals surface area (Å²) in [5, 5.41) is 25.6. The summed E-state index contributed by atoms with van der Waals surface area (Å²) in [6, 6.07) is 5.48. The van der Waals surface area contributed by atoms with Gasteiger partial charge in [-0.1, -0.05) is 82.6 Å². The van der Waals surface area contributed by atoms with Crippen LogP contribution in [0, 0.1) is 0 Å². The Bertz CT molecular complexity index is 648. The Balaban J connectivity index is 0.000000677. The van der Waals surface area contributed by atoms with Gasteiger partial charge in [-0.25, -0.2) is 9.59 Å². The van der Waals surface area contributed by atoms with E-state index in [2.05, 4.69) is 19.1 Å². The zero-order valence-corrected chi connectivity index (χ0v) is 19.4. The van der Waals surface area contributed by atoms with Crippen molar-refractivity contribution in [3.05, 3.63) is 47.5 Å². The van der Waals surface area contributed by atoms with E-state index in [1.165, 1.54) is 94.9 Å². The minimum absolute atomic E-state index is 0.190. The summed E-state index contributed by atoms with van der Waals surface area (Å²) < 4.78 is 0. The number of hydrogen-bond acceptors (Lipinski definition) is 3. The summed E-state index contributed by atoms with van der Waals surface area (Å²) >= 11 is 0. The highest BCUT2D eigenvalue weighted by Gasteiger charge is 2.13. The van der Waals surface area contributed by atoms with Crippen molar-refractivity contribution in [2.24, 2.45) is 0 Å². The minimum atomic E-state index is -1.23. The average Bonchev–Trinajstić information content (AvgIpc) is 2.76. The largest absolute Gasteiger partial charge is 0.481 e. The third-order valence-electron chi connectivity index (χ3n) is 5.04. The Morgan fingerprint density at radius 3 is 1.47 bits per heavy atom. The van der Waals surface area contributed by atoms with Crippen molar-refractivity contribution < 1.29 is 29.7 Å². The maximum Gasteiger partial charge on any atom is 0.336 e. The van der Waals surface area contributed by atoms with Gasteiger partial charge in [0.15, 0.2) is 0 Å². The fraction of sp³-hybridized carbons (Fsp3) is 0.577. The number of rotatable bonds is 17. The van der Waals surface area contributed by atoms with Crippen LogP contribution in [-0.2, 0) is 4.79 Å². The number of hydrogen-bond donors (Lipinski definition) is 3. The molecule has 6 nitrogen and oxygen atoms in total. The molecule has 0 saturated carbocycles. The molecule has 32 heavy (non-hydrogen) atoms. The molecule has 0 aliphatic carbocycles. The van der Waals surface area contributed by atoms with Crippen molar-refractivity contribution in [1.82, 2.24) is 0 Å². The molecule has 1 rings (SSSR count). The molecule has 1 aromatic carbocycles. The molecule has 0 spiro atoms. The number of aromatic carboxylic acids is 2. The third kappa shape index (κ3) is 17.1. The fourth-order valence-electron chi connectivity index (χ4n) is 3.20. The van der Waals surface area contributed by atoms with Gasteiger partial charge in [0.1, 0.15) is 0 Å². The quantitative estimate of drug-likeness (QED) is 0.172. The highest BCUT2D eigenvalue weighted by molar-refractivity contribution is 6.01. The summed E-state index contributed by atoms with van der Waals surface area (Å²) in [4.78, 5) is 31.2. The summed E-state index contributed by atoms with van der Waals surface area (Å²) in [5.41, 5.74) is -0.380. The lowest BCUT2D eigenvalue weighted by molar-refractivity contribution is -0.137. The molecule has 0 amide bonds. The van der Waals surface area contributed by atoms with Gasteiger partial charge in [-0.2, -0.15) is 0 Å². The molecule has 0 saturated heterocycles. The van der Waals surface area contributed by atoms with Gasteiger partial charge in [-0.05, 0) is 44.2 Å². The first kappa shape index (κ1) is 29.4. The van der Waals surface area contributed by atoms with Crippen LogP contribution in [0.3, 0.4) is 0 Å². The van der Waals surface area contributed by atoms with Gasteiger partial charge in [0, 0.05) is 6.42 Å². The van der Waals surface area contributed by atoms with E-state index in [4.69, 9.17) is 15.3 Å². The first-order valence-corrected chi connectivity index (χ1v) is 11.8. The number of unbranched alkanes of at least 4 members (excludes halogenated alkanes) is 11. The summed E-state index contributed by atoms with van der Waals surface area (Å²) in [5.74, 6) is -3.12. The molecule has 3 N–H and O–H groups in total. The van der Waals surface area contributed by atoms with Crippen LogP contribution in [0.4, 0.5) is 0 Å². The molecule has 0 aliphatic rings. The van der Waals surface area contributed by atoms with Gasteiger partial charge >= 0.3 is 17.9 Å². The normalized spacial score (nSPS) is 10.5. The number of carboxylic acids is 3. The topological polar surface area (TPSA) is 112 Å². The van der Waals surface area contributed by atoms with Crippen molar-refractivity contribution in [3.63, 3.8) is 0 Å². The highest BCUT2D eigenvalue weighted by Crippen LogP contribution is 2.10. The van der Waals surface area contributed by atoms with Gasteiger partial charge in [-0.3, -0.25) is 4.79 Å². The van der Waals surface area contributed by atoms with Gasteiger partial charge in [0.25, 0.3) is 0 Å². The lowest BCUT2D eigenvalue weighted by Crippen LogP contribution is -2.06. The fourth-order valence-corrected chi connectivity index (χ4v) is 3.20. The monoisotopic (exact) mass is 448 g/mol. The molecule has 6 heteroatoms. The standard InChI is InChI=1S/C18H34O2.C8H6O4/c1-2-3-4-5-6-7-8-9-10-11-12-13-14-15-16-17-18(19)20;9-7(10)5-3-1-2-4-6(5)8(11)12/h9-10H,2-8,11-17H2,1H3,(H,19,20);1-4H,(H,9,10)(H,11,12)/b10-9-;. The van der Waals surface area contributed by atoms with E-state index in [1.807, 2.05) is 0 Å². The molecular weight excluding hydrogens is 408 g/mol. The molecule has 0 radical (unpaired) electrons. The predicted octanol–water partition coefficient (Wildman–Crippen LogP) is 7.19. The van der Waals surface area contributed by atoms with Crippen LogP contribution in [0.5, 0.6) is 0 Å². The van der Waals surface area contributed by atoms with Crippen LogP contribution in [0.15, 0.2) is 36.4 Å². The highest BCUT2D eigenvalue weighted by atomic mass is 16.4.